The van der Waals surface area contributed by atoms with Crippen LogP contribution < -0.4 is 5.73 Å². The number of alkyl halides is 1. The van der Waals surface area contributed by atoms with E-state index in [4.69, 9.17) is 28.9 Å². The van der Waals surface area contributed by atoms with Gasteiger partial charge in [0, 0.05) is 12.5 Å². The molecule has 2 atom stereocenters. The summed E-state index contributed by atoms with van der Waals surface area (Å²) in [6, 6.07) is -0.109. The zero-order valence-electron chi connectivity index (χ0n) is 7.63. The lowest BCUT2D eigenvalue weighted by atomic mass is 10.2. The van der Waals surface area contributed by atoms with Gasteiger partial charge >= 0.3 is 0 Å². The molecule has 0 aromatic carbocycles. The van der Waals surface area contributed by atoms with Crippen molar-refractivity contribution in [2.75, 3.05) is 0 Å². The highest BCUT2D eigenvalue weighted by Gasteiger charge is 2.11. The maximum atomic E-state index is 5.89. The molecule has 0 rings (SSSR count). The van der Waals surface area contributed by atoms with Crippen LogP contribution in [-0.4, -0.2) is 16.6 Å². The van der Waals surface area contributed by atoms with Gasteiger partial charge in [-0.3, -0.25) is 0 Å². The Bertz CT molecular complexity index is 222. The summed E-state index contributed by atoms with van der Waals surface area (Å²) in [5.74, 6) is 0. The average Bonchev–Trinajstić information content (AvgIpc) is 2.03. The minimum Gasteiger partial charge on any atom is -0.327 e. The standard InChI is InChI=1S/C9H14Cl2N2/c1-4-6(2)13-9(11)5-8(10)7(3)12/h4,7-8H,1-2,5,12H2,3H3/t7-,8?/m1/s1. The monoisotopic (exact) mass is 220 g/mol. The zero-order valence-corrected chi connectivity index (χ0v) is 9.15. The first-order chi connectivity index (χ1) is 5.97. The van der Waals surface area contributed by atoms with Crippen LogP contribution >= 0.6 is 23.2 Å². The van der Waals surface area contributed by atoms with E-state index in [0.717, 1.165) is 0 Å². The molecule has 2 nitrogen and oxygen atoms in total. The third-order valence-electron chi connectivity index (χ3n) is 1.43. The van der Waals surface area contributed by atoms with Gasteiger partial charge in [-0.05, 0) is 13.0 Å². The lowest BCUT2D eigenvalue weighted by molar-refractivity contribution is 0.698. The molecule has 0 aromatic rings. The van der Waals surface area contributed by atoms with Crippen LogP contribution in [0.1, 0.15) is 13.3 Å². The molecule has 0 fully saturated rings. The summed E-state index contributed by atoms with van der Waals surface area (Å²) in [5, 5.41) is 0.205. The van der Waals surface area contributed by atoms with E-state index in [-0.39, 0.29) is 11.4 Å². The molecule has 0 radical (unpaired) electrons. The Hall–Kier alpha value is -0.310. The predicted octanol–water partition coefficient (Wildman–Crippen LogP) is 2.67. The average molecular weight is 221 g/mol. The Morgan fingerprint density at radius 2 is 2.23 bits per heavy atom. The quantitative estimate of drug-likeness (QED) is 0.432. The Labute approximate surface area is 89.1 Å². The Morgan fingerprint density at radius 1 is 1.69 bits per heavy atom. The number of aliphatic imine (C=N–C) groups is 1. The van der Waals surface area contributed by atoms with Crippen molar-refractivity contribution in [3.63, 3.8) is 0 Å². The third-order valence-corrected chi connectivity index (χ3v) is 2.23. The first-order valence-electron chi connectivity index (χ1n) is 3.91. The molecule has 0 saturated carbocycles. The van der Waals surface area contributed by atoms with Crippen LogP contribution in [-0.2, 0) is 0 Å². The summed E-state index contributed by atoms with van der Waals surface area (Å²) in [7, 11) is 0. The first-order valence-corrected chi connectivity index (χ1v) is 4.73. The maximum Gasteiger partial charge on any atom is 0.108 e. The molecule has 0 heterocycles. The van der Waals surface area contributed by atoms with Crippen LogP contribution in [0.2, 0.25) is 0 Å². The van der Waals surface area contributed by atoms with Crippen molar-refractivity contribution in [2.24, 2.45) is 10.7 Å². The summed E-state index contributed by atoms with van der Waals surface area (Å²) in [6.07, 6.45) is 1.98. The highest BCUT2D eigenvalue weighted by Crippen LogP contribution is 2.11. The summed E-state index contributed by atoms with van der Waals surface area (Å²) in [4.78, 5) is 3.95. The SMILES string of the molecule is C=CC(=C)N=C(Cl)CC(Cl)[C@@H](C)N. The lowest BCUT2D eigenvalue weighted by Gasteiger charge is -2.11. The molecule has 0 spiro atoms. The second-order valence-electron chi connectivity index (χ2n) is 2.76. The summed E-state index contributed by atoms with van der Waals surface area (Å²) in [5.41, 5.74) is 6.09. The maximum absolute atomic E-state index is 5.89. The topological polar surface area (TPSA) is 38.4 Å². The fraction of sp³-hybridized carbons (Fsp3) is 0.444. The Kier molecular flexibility index (Phi) is 6.04. The van der Waals surface area contributed by atoms with Gasteiger partial charge < -0.3 is 5.73 Å². The second kappa shape index (κ2) is 6.19. The molecule has 0 aromatic heterocycles. The van der Waals surface area contributed by atoms with Gasteiger partial charge in [-0.1, -0.05) is 24.8 Å². The molecule has 74 valence electrons. The molecule has 0 aliphatic rings. The molecule has 1 unspecified atom stereocenters. The number of hydrogen-bond acceptors (Lipinski definition) is 2. The van der Waals surface area contributed by atoms with E-state index >= 15 is 0 Å². The minimum absolute atomic E-state index is 0.109. The molecule has 0 aliphatic carbocycles. The van der Waals surface area contributed by atoms with Crippen molar-refractivity contribution in [3.8, 4) is 0 Å². The first kappa shape index (κ1) is 12.7. The second-order valence-corrected chi connectivity index (χ2v) is 3.76. The van der Waals surface area contributed by atoms with Gasteiger partial charge in [-0.25, -0.2) is 4.99 Å². The third kappa shape index (κ3) is 5.86. The van der Waals surface area contributed by atoms with E-state index < -0.39 is 0 Å². The van der Waals surface area contributed by atoms with Crippen molar-refractivity contribution in [1.82, 2.24) is 0 Å². The molecule has 0 saturated heterocycles. The van der Waals surface area contributed by atoms with Gasteiger partial charge in [-0.2, -0.15) is 0 Å². The molecular formula is C9H14Cl2N2. The number of hydrogen-bond donors (Lipinski definition) is 1. The number of nitrogens with two attached hydrogens (primary N) is 1. The molecule has 0 amide bonds. The van der Waals surface area contributed by atoms with Crippen molar-refractivity contribution in [2.45, 2.75) is 24.8 Å². The fourth-order valence-electron chi connectivity index (χ4n) is 0.594. The molecular weight excluding hydrogens is 207 g/mol. The van der Waals surface area contributed by atoms with Gasteiger partial charge in [0.25, 0.3) is 0 Å². The van der Waals surface area contributed by atoms with Crippen LogP contribution in [0.5, 0.6) is 0 Å². The van der Waals surface area contributed by atoms with Crippen LogP contribution in [0.3, 0.4) is 0 Å². The van der Waals surface area contributed by atoms with Crippen molar-refractivity contribution < 1.29 is 0 Å². The zero-order chi connectivity index (χ0) is 10.4. The molecule has 0 aliphatic heterocycles. The van der Waals surface area contributed by atoms with Gasteiger partial charge in [0.15, 0.2) is 0 Å². The van der Waals surface area contributed by atoms with Gasteiger partial charge in [-0.15, -0.1) is 11.6 Å². The normalized spacial score (nSPS) is 16.5. The van der Waals surface area contributed by atoms with Crippen LogP contribution in [0, 0.1) is 0 Å². The van der Waals surface area contributed by atoms with Crippen LogP contribution in [0.25, 0.3) is 0 Å². The molecule has 0 bridgehead atoms. The number of nitrogens with zero attached hydrogens (tertiary/aromatic N) is 1. The Morgan fingerprint density at radius 3 is 2.62 bits per heavy atom. The number of allylic oxidation sites excluding steroid dienone is 1. The smallest absolute Gasteiger partial charge is 0.108 e. The number of halogens is 2. The van der Waals surface area contributed by atoms with Crippen molar-refractivity contribution in [1.29, 1.82) is 0 Å². The summed E-state index contributed by atoms with van der Waals surface area (Å²) in [6.45, 7) is 8.93. The van der Waals surface area contributed by atoms with Gasteiger partial charge in [0.1, 0.15) is 5.17 Å². The number of rotatable bonds is 5. The fourth-order valence-corrected chi connectivity index (χ4v) is 1.09. The largest absolute Gasteiger partial charge is 0.327 e. The van der Waals surface area contributed by atoms with E-state index in [2.05, 4.69) is 18.2 Å². The van der Waals surface area contributed by atoms with Gasteiger partial charge in [0.2, 0.25) is 0 Å². The lowest BCUT2D eigenvalue weighted by Crippen LogP contribution is -2.28. The molecule has 4 heteroatoms. The summed E-state index contributed by atoms with van der Waals surface area (Å²) >= 11 is 11.7. The Balaban J connectivity index is 4.13. The van der Waals surface area contributed by atoms with Crippen molar-refractivity contribution >= 4 is 28.4 Å². The highest BCUT2D eigenvalue weighted by atomic mass is 35.5. The predicted molar refractivity (Wildman–Crippen MR) is 60.5 cm³/mol. The molecule has 2 N–H and O–H groups in total. The molecule has 13 heavy (non-hydrogen) atoms. The van der Waals surface area contributed by atoms with E-state index in [1.165, 1.54) is 6.08 Å². The van der Waals surface area contributed by atoms with Crippen molar-refractivity contribution in [3.05, 3.63) is 24.9 Å². The summed E-state index contributed by atoms with van der Waals surface area (Å²) < 4.78 is 0. The van der Waals surface area contributed by atoms with E-state index in [1.807, 2.05) is 6.92 Å². The van der Waals surface area contributed by atoms with E-state index in [0.29, 0.717) is 17.3 Å². The van der Waals surface area contributed by atoms with E-state index in [9.17, 15) is 0 Å². The minimum atomic E-state index is -0.200. The van der Waals surface area contributed by atoms with E-state index in [1.54, 1.807) is 0 Å². The van der Waals surface area contributed by atoms with Crippen LogP contribution in [0.15, 0.2) is 29.9 Å². The van der Waals surface area contributed by atoms with Gasteiger partial charge in [0.05, 0.1) is 11.1 Å². The van der Waals surface area contributed by atoms with Crippen LogP contribution in [0.4, 0.5) is 0 Å². The highest BCUT2D eigenvalue weighted by molar-refractivity contribution is 6.66.